The molecule has 0 spiro atoms. The third kappa shape index (κ3) is 7.92. The number of anilines is 4. The first kappa shape index (κ1) is 33.3. The van der Waals surface area contributed by atoms with Crippen LogP contribution in [-0.2, 0) is 37.7 Å². The fraction of sp³-hybridized carbons (Fsp3) is 0.323. The molecule has 4 amide bonds. The van der Waals surface area contributed by atoms with Gasteiger partial charge in [0, 0.05) is 59.4 Å². The van der Waals surface area contributed by atoms with Gasteiger partial charge in [0.25, 0.3) is 17.7 Å². The molecule has 4 heterocycles. The number of aromatic nitrogens is 4. The van der Waals surface area contributed by atoms with Crippen molar-refractivity contribution < 1.29 is 28.7 Å². The fourth-order valence-corrected chi connectivity index (χ4v) is 4.88. The van der Waals surface area contributed by atoms with Crippen LogP contribution in [0, 0.1) is 0 Å². The van der Waals surface area contributed by atoms with Gasteiger partial charge in [0.15, 0.2) is 0 Å². The molecule has 4 rings (SSSR count). The Morgan fingerprint density at radius 2 is 0.957 bits per heavy atom. The van der Waals surface area contributed by atoms with E-state index < -0.39 is 23.7 Å². The lowest BCUT2D eigenvalue weighted by atomic mass is 10.3. The van der Waals surface area contributed by atoms with E-state index >= 15 is 0 Å². The zero-order chi connectivity index (χ0) is 33.7. The van der Waals surface area contributed by atoms with Crippen LogP contribution in [0.25, 0.3) is 0 Å². The molecule has 0 unspecified atom stereocenters. The van der Waals surface area contributed by atoms with Crippen LogP contribution in [0.3, 0.4) is 0 Å². The van der Waals surface area contributed by atoms with E-state index in [9.17, 15) is 24.0 Å². The maximum absolute atomic E-state index is 13.1. The van der Waals surface area contributed by atoms with Gasteiger partial charge in [0.1, 0.15) is 22.8 Å². The maximum Gasteiger partial charge on any atom is 0.354 e. The van der Waals surface area contributed by atoms with Gasteiger partial charge in [-0.2, -0.15) is 0 Å². The van der Waals surface area contributed by atoms with Crippen LogP contribution in [0.2, 0.25) is 0 Å². The van der Waals surface area contributed by atoms with Crippen molar-refractivity contribution in [2.45, 2.75) is 12.8 Å². The minimum Gasteiger partial charge on any atom is -0.464 e. The molecule has 0 atom stereocenters. The van der Waals surface area contributed by atoms with Crippen molar-refractivity contribution in [3.8, 4) is 0 Å². The Bertz CT molecular complexity index is 1790. The fourth-order valence-electron chi connectivity index (χ4n) is 4.88. The third-order valence-electron chi connectivity index (χ3n) is 7.18. The highest BCUT2D eigenvalue weighted by Crippen LogP contribution is 2.21. The van der Waals surface area contributed by atoms with Crippen LogP contribution in [0.15, 0.2) is 49.1 Å². The standard InChI is InChI=1S/C31H39N9O6/c1-36(2)10-8-9-27(41)32-19-11-23(37(3)15-19)28(42)33-20-12-24(38(4)16-20)29(43)34-21-13-25(39(5)17-21)30(44)35-22-14-26(31(45)46-7)40(6)18-22/h11-18H,8-10H2,1-7H3,(H,32,41)(H,33,42)(H,34,43)(H,35,44). The molecule has 0 aromatic carbocycles. The Hall–Kier alpha value is -5.57. The summed E-state index contributed by atoms with van der Waals surface area (Å²) in [6.45, 7) is 0.798. The number of ether oxygens (including phenoxy) is 1. The number of carbonyl (C=O) groups excluding carboxylic acids is 5. The van der Waals surface area contributed by atoms with Crippen LogP contribution in [-0.4, -0.2) is 80.5 Å². The van der Waals surface area contributed by atoms with Crippen LogP contribution in [0.4, 0.5) is 22.7 Å². The molecule has 4 N–H and O–H groups in total. The van der Waals surface area contributed by atoms with Crippen LogP contribution >= 0.6 is 0 Å². The van der Waals surface area contributed by atoms with Crippen molar-refractivity contribution in [3.05, 3.63) is 71.8 Å². The van der Waals surface area contributed by atoms with E-state index in [1.54, 1.807) is 77.3 Å². The van der Waals surface area contributed by atoms with Crippen LogP contribution in [0.5, 0.6) is 0 Å². The molecule has 0 aliphatic rings. The van der Waals surface area contributed by atoms with Crippen molar-refractivity contribution in [2.24, 2.45) is 28.2 Å². The van der Waals surface area contributed by atoms with Crippen molar-refractivity contribution in [1.82, 2.24) is 23.2 Å². The predicted octanol–water partition coefficient (Wildman–Crippen LogP) is 2.86. The van der Waals surface area contributed by atoms with E-state index in [0.29, 0.717) is 34.9 Å². The average molecular weight is 634 g/mol. The molecule has 0 saturated carbocycles. The maximum atomic E-state index is 13.1. The van der Waals surface area contributed by atoms with Gasteiger partial charge in [0.2, 0.25) is 5.91 Å². The number of methoxy groups -OCH3 is 1. The Balaban J connectivity index is 1.37. The molecule has 0 fully saturated rings. The summed E-state index contributed by atoms with van der Waals surface area (Å²) in [4.78, 5) is 65.3. The Morgan fingerprint density at radius 3 is 1.33 bits per heavy atom. The summed E-state index contributed by atoms with van der Waals surface area (Å²) >= 11 is 0. The topological polar surface area (TPSA) is 166 Å². The number of nitrogens with zero attached hydrogens (tertiary/aromatic N) is 5. The molecular weight excluding hydrogens is 594 g/mol. The summed E-state index contributed by atoms with van der Waals surface area (Å²) in [5, 5.41) is 11.1. The monoisotopic (exact) mass is 633 g/mol. The molecular formula is C31H39N9O6. The van der Waals surface area contributed by atoms with Crippen LogP contribution < -0.4 is 21.3 Å². The summed E-state index contributed by atoms with van der Waals surface area (Å²) in [5.41, 5.74) is 2.84. The number of aryl methyl sites for hydroxylation is 4. The van der Waals surface area contributed by atoms with Gasteiger partial charge in [0.05, 0.1) is 29.9 Å². The number of amides is 4. The second kappa shape index (κ2) is 14.0. The summed E-state index contributed by atoms with van der Waals surface area (Å²) < 4.78 is 11.0. The number of carbonyl (C=O) groups is 5. The molecule has 4 aromatic heterocycles. The minimum absolute atomic E-state index is 0.130. The van der Waals surface area contributed by atoms with E-state index in [0.717, 1.165) is 13.0 Å². The summed E-state index contributed by atoms with van der Waals surface area (Å²) in [6, 6.07) is 6.16. The quantitative estimate of drug-likeness (QED) is 0.174. The third-order valence-corrected chi connectivity index (χ3v) is 7.18. The largest absolute Gasteiger partial charge is 0.464 e. The van der Waals surface area contributed by atoms with E-state index in [4.69, 9.17) is 4.74 Å². The van der Waals surface area contributed by atoms with Crippen molar-refractivity contribution in [2.75, 3.05) is 49.0 Å². The number of rotatable bonds is 12. The van der Waals surface area contributed by atoms with Gasteiger partial charge < -0.3 is 49.2 Å². The van der Waals surface area contributed by atoms with Crippen molar-refractivity contribution >= 4 is 52.3 Å². The van der Waals surface area contributed by atoms with Gasteiger partial charge in [-0.25, -0.2) is 4.79 Å². The Kier molecular flexibility index (Phi) is 10.2. The minimum atomic E-state index is -0.531. The SMILES string of the molecule is COC(=O)c1cc(NC(=O)c2cc(NC(=O)c3cc(NC(=O)c4cc(NC(=O)CCCN(C)C)cn4C)cn3C)cn2C)cn1C. The van der Waals surface area contributed by atoms with Gasteiger partial charge in [-0.3, -0.25) is 19.2 Å². The number of esters is 1. The number of hydrogen-bond donors (Lipinski definition) is 4. The summed E-state index contributed by atoms with van der Waals surface area (Å²) in [7, 11) is 11.9. The van der Waals surface area contributed by atoms with Gasteiger partial charge in [-0.1, -0.05) is 0 Å². The molecule has 0 saturated heterocycles. The first-order valence-electron chi connectivity index (χ1n) is 14.4. The lowest BCUT2D eigenvalue weighted by Gasteiger charge is -2.08. The average Bonchev–Trinajstić information content (AvgIpc) is 3.73. The second-order valence-electron chi connectivity index (χ2n) is 11.2. The predicted molar refractivity (Wildman–Crippen MR) is 173 cm³/mol. The molecule has 15 nitrogen and oxygen atoms in total. The first-order valence-corrected chi connectivity index (χ1v) is 14.4. The van der Waals surface area contributed by atoms with Gasteiger partial charge in [-0.05, 0) is 51.3 Å². The van der Waals surface area contributed by atoms with Crippen LogP contribution in [0.1, 0.15) is 54.8 Å². The molecule has 0 aliphatic heterocycles. The molecule has 0 bridgehead atoms. The first-order chi connectivity index (χ1) is 21.7. The Morgan fingerprint density at radius 1 is 0.609 bits per heavy atom. The molecule has 46 heavy (non-hydrogen) atoms. The highest BCUT2D eigenvalue weighted by atomic mass is 16.5. The van der Waals surface area contributed by atoms with E-state index in [1.165, 1.54) is 25.3 Å². The molecule has 0 radical (unpaired) electrons. The van der Waals surface area contributed by atoms with E-state index in [1.807, 2.05) is 19.0 Å². The van der Waals surface area contributed by atoms with Gasteiger partial charge >= 0.3 is 5.97 Å². The molecule has 15 heteroatoms. The summed E-state index contributed by atoms with van der Waals surface area (Å²) in [6.07, 6.45) is 7.54. The van der Waals surface area contributed by atoms with Crippen molar-refractivity contribution in [1.29, 1.82) is 0 Å². The smallest absolute Gasteiger partial charge is 0.354 e. The van der Waals surface area contributed by atoms with E-state index in [-0.39, 0.29) is 23.0 Å². The second-order valence-corrected chi connectivity index (χ2v) is 11.2. The zero-order valence-corrected chi connectivity index (χ0v) is 26.9. The molecule has 0 aliphatic carbocycles. The lowest BCUT2D eigenvalue weighted by molar-refractivity contribution is -0.116. The lowest BCUT2D eigenvalue weighted by Crippen LogP contribution is -2.17. The highest BCUT2D eigenvalue weighted by molar-refractivity contribution is 6.09. The van der Waals surface area contributed by atoms with Crippen molar-refractivity contribution in [3.63, 3.8) is 0 Å². The normalized spacial score (nSPS) is 11.0. The zero-order valence-electron chi connectivity index (χ0n) is 26.9. The Labute approximate surface area is 266 Å². The molecule has 4 aromatic rings. The summed E-state index contributed by atoms with van der Waals surface area (Å²) in [5.74, 6) is -1.97. The van der Waals surface area contributed by atoms with E-state index in [2.05, 4.69) is 21.3 Å². The van der Waals surface area contributed by atoms with Gasteiger partial charge in [-0.15, -0.1) is 0 Å². The number of hydrogen-bond acceptors (Lipinski definition) is 7. The number of nitrogens with one attached hydrogen (secondary N) is 4. The molecule has 244 valence electrons. The highest BCUT2D eigenvalue weighted by Gasteiger charge is 2.20.